The summed E-state index contributed by atoms with van der Waals surface area (Å²) in [4.78, 5) is 0. The van der Waals surface area contributed by atoms with Crippen molar-refractivity contribution in [2.75, 3.05) is 6.73 Å². The van der Waals surface area contributed by atoms with E-state index in [0.717, 1.165) is 22.6 Å². The highest BCUT2D eigenvalue weighted by Gasteiger charge is 2.41. The van der Waals surface area contributed by atoms with Gasteiger partial charge in [0.2, 0.25) is 0 Å². The molecule has 0 aliphatic carbocycles. The molecule has 0 aromatic heterocycles. The van der Waals surface area contributed by atoms with Crippen LogP contribution in [0.25, 0.3) is 0 Å². The van der Waals surface area contributed by atoms with Gasteiger partial charge in [0.15, 0.2) is 0 Å². The van der Waals surface area contributed by atoms with E-state index in [4.69, 9.17) is 9.47 Å². The molecule has 4 rings (SSSR count). The maximum absolute atomic E-state index is 5.99. The fraction of sp³-hybridized carbons (Fsp3) is 0.125. The first kappa shape index (κ1) is 10.6. The second-order valence-corrected chi connectivity index (χ2v) is 4.69. The number of hydrogen-bond acceptors (Lipinski definition) is 3. The number of para-hydroxylation sites is 2. The molecular weight excluding hydrogens is 238 g/mol. The van der Waals surface area contributed by atoms with Gasteiger partial charge < -0.3 is 9.47 Å². The average molecular weight is 251 g/mol. The molecule has 0 saturated heterocycles. The lowest BCUT2D eigenvalue weighted by Crippen LogP contribution is -2.46. The van der Waals surface area contributed by atoms with E-state index in [0.29, 0.717) is 6.73 Å². The number of ether oxygens (including phenoxy) is 2. The Hall–Kier alpha value is -2.26. The van der Waals surface area contributed by atoms with Crippen LogP contribution in [0, 0.1) is 0 Å². The Morgan fingerprint density at radius 1 is 0.895 bits per heavy atom. The van der Waals surface area contributed by atoms with Crippen molar-refractivity contribution in [1.82, 2.24) is 5.32 Å². The SMILES string of the molecule is C1=CC2(NCO1)c1ccccc1Oc1ccccc12. The molecule has 0 bridgehead atoms. The molecule has 2 aliphatic rings. The molecule has 2 aromatic rings. The second-order valence-electron chi connectivity index (χ2n) is 4.69. The van der Waals surface area contributed by atoms with E-state index >= 15 is 0 Å². The Morgan fingerprint density at radius 2 is 1.53 bits per heavy atom. The first-order valence-corrected chi connectivity index (χ1v) is 6.31. The zero-order chi connectivity index (χ0) is 12.7. The Kier molecular flexibility index (Phi) is 2.17. The van der Waals surface area contributed by atoms with Crippen LogP contribution in [0.5, 0.6) is 11.5 Å². The van der Waals surface area contributed by atoms with E-state index in [9.17, 15) is 0 Å². The van der Waals surface area contributed by atoms with Gasteiger partial charge in [-0.15, -0.1) is 0 Å². The summed E-state index contributed by atoms with van der Waals surface area (Å²) in [6, 6.07) is 16.2. The Labute approximate surface area is 111 Å². The fourth-order valence-electron chi connectivity index (χ4n) is 2.81. The Morgan fingerprint density at radius 3 is 2.11 bits per heavy atom. The predicted molar refractivity (Wildman–Crippen MR) is 72.0 cm³/mol. The molecule has 0 atom stereocenters. The van der Waals surface area contributed by atoms with Crippen LogP contribution in [0.3, 0.4) is 0 Å². The van der Waals surface area contributed by atoms with E-state index in [1.54, 1.807) is 6.26 Å². The average Bonchev–Trinajstić information content (AvgIpc) is 2.49. The summed E-state index contributed by atoms with van der Waals surface area (Å²) < 4.78 is 11.3. The van der Waals surface area contributed by atoms with Crippen molar-refractivity contribution in [2.24, 2.45) is 0 Å². The number of hydrogen-bond donors (Lipinski definition) is 1. The molecule has 0 radical (unpaired) electrons. The van der Waals surface area contributed by atoms with E-state index in [2.05, 4.69) is 23.5 Å². The van der Waals surface area contributed by atoms with Crippen molar-refractivity contribution >= 4 is 0 Å². The summed E-state index contributed by atoms with van der Waals surface area (Å²) in [6.45, 7) is 0.485. The molecule has 0 unspecified atom stereocenters. The number of benzene rings is 2. The van der Waals surface area contributed by atoms with Gasteiger partial charge in [-0.25, -0.2) is 0 Å². The molecule has 2 aliphatic heterocycles. The number of nitrogens with one attached hydrogen (secondary N) is 1. The van der Waals surface area contributed by atoms with E-state index < -0.39 is 0 Å². The van der Waals surface area contributed by atoms with Crippen molar-refractivity contribution in [3.8, 4) is 11.5 Å². The highest BCUT2D eigenvalue weighted by molar-refractivity contribution is 5.59. The Balaban J connectivity index is 2.03. The van der Waals surface area contributed by atoms with Crippen LogP contribution in [-0.2, 0) is 10.3 Å². The summed E-state index contributed by atoms with van der Waals surface area (Å²) in [5.74, 6) is 1.78. The van der Waals surface area contributed by atoms with Crippen LogP contribution in [0.15, 0.2) is 60.9 Å². The van der Waals surface area contributed by atoms with Gasteiger partial charge in [0.1, 0.15) is 23.8 Å². The lowest BCUT2D eigenvalue weighted by Gasteiger charge is -2.40. The first-order chi connectivity index (χ1) is 9.40. The second kappa shape index (κ2) is 3.87. The van der Waals surface area contributed by atoms with Gasteiger partial charge in [-0.2, -0.15) is 0 Å². The van der Waals surface area contributed by atoms with Crippen LogP contribution in [-0.4, -0.2) is 6.73 Å². The quantitative estimate of drug-likeness (QED) is 0.780. The van der Waals surface area contributed by atoms with Crippen LogP contribution in [0.4, 0.5) is 0 Å². The third-order valence-electron chi connectivity index (χ3n) is 3.69. The molecule has 3 nitrogen and oxygen atoms in total. The molecule has 3 heteroatoms. The third-order valence-corrected chi connectivity index (χ3v) is 3.69. The normalized spacial score (nSPS) is 18.1. The van der Waals surface area contributed by atoms with Gasteiger partial charge in [0.05, 0.1) is 6.26 Å². The van der Waals surface area contributed by atoms with Crippen molar-refractivity contribution in [1.29, 1.82) is 0 Å². The molecule has 0 fully saturated rings. The number of rotatable bonds is 0. The molecule has 19 heavy (non-hydrogen) atoms. The monoisotopic (exact) mass is 251 g/mol. The molecular formula is C16H13NO2. The zero-order valence-corrected chi connectivity index (χ0v) is 10.3. The van der Waals surface area contributed by atoms with Crippen LogP contribution < -0.4 is 10.1 Å². The van der Waals surface area contributed by atoms with Gasteiger partial charge in [0.25, 0.3) is 0 Å². The molecule has 1 N–H and O–H groups in total. The van der Waals surface area contributed by atoms with Crippen molar-refractivity contribution in [2.45, 2.75) is 5.54 Å². The van der Waals surface area contributed by atoms with Crippen molar-refractivity contribution < 1.29 is 9.47 Å². The minimum atomic E-state index is -0.357. The molecule has 0 amide bonds. The first-order valence-electron chi connectivity index (χ1n) is 6.31. The number of fused-ring (bicyclic) bond motifs is 4. The van der Waals surface area contributed by atoms with Crippen LogP contribution >= 0.6 is 0 Å². The lowest BCUT2D eigenvalue weighted by molar-refractivity contribution is 0.167. The van der Waals surface area contributed by atoms with Gasteiger partial charge in [-0.05, 0) is 18.2 Å². The molecule has 2 heterocycles. The van der Waals surface area contributed by atoms with Gasteiger partial charge in [0, 0.05) is 11.1 Å². The van der Waals surface area contributed by atoms with Crippen LogP contribution in [0.2, 0.25) is 0 Å². The van der Waals surface area contributed by atoms with Gasteiger partial charge >= 0.3 is 0 Å². The van der Waals surface area contributed by atoms with Gasteiger partial charge in [-0.1, -0.05) is 36.4 Å². The summed E-state index contributed by atoms with van der Waals surface area (Å²) in [7, 11) is 0. The summed E-state index contributed by atoms with van der Waals surface area (Å²) in [5, 5.41) is 3.46. The van der Waals surface area contributed by atoms with E-state index in [1.165, 1.54) is 0 Å². The summed E-state index contributed by atoms with van der Waals surface area (Å²) in [5.41, 5.74) is 1.88. The largest absolute Gasteiger partial charge is 0.486 e. The summed E-state index contributed by atoms with van der Waals surface area (Å²) in [6.07, 6.45) is 3.81. The molecule has 0 saturated carbocycles. The molecule has 2 aromatic carbocycles. The predicted octanol–water partition coefficient (Wildman–Crippen LogP) is 3.13. The highest BCUT2D eigenvalue weighted by atomic mass is 16.5. The summed E-state index contributed by atoms with van der Waals surface area (Å²) >= 11 is 0. The minimum absolute atomic E-state index is 0.357. The van der Waals surface area contributed by atoms with Gasteiger partial charge in [-0.3, -0.25) is 5.32 Å². The fourth-order valence-corrected chi connectivity index (χ4v) is 2.81. The third kappa shape index (κ3) is 1.42. The maximum Gasteiger partial charge on any atom is 0.139 e. The van der Waals surface area contributed by atoms with Crippen molar-refractivity contribution in [3.05, 3.63) is 72.0 Å². The van der Waals surface area contributed by atoms with Crippen molar-refractivity contribution in [3.63, 3.8) is 0 Å². The minimum Gasteiger partial charge on any atom is -0.486 e. The topological polar surface area (TPSA) is 30.5 Å². The van der Waals surface area contributed by atoms with Crippen LogP contribution in [0.1, 0.15) is 11.1 Å². The highest BCUT2D eigenvalue weighted by Crippen LogP contribution is 2.47. The lowest BCUT2D eigenvalue weighted by atomic mass is 9.80. The maximum atomic E-state index is 5.99. The van der Waals surface area contributed by atoms with E-state index in [-0.39, 0.29) is 5.54 Å². The zero-order valence-electron chi connectivity index (χ0n) is 10.3. The standard InChI is InChI=1S/C16H13NO2/c1-3-7-14-12(5-1)16(9-10-18-11-17-16)13-6-2-4-8-15(13)19-14/h1-10,17H,11H2. The molecule has 94 valence electrons. The smallest absolute Gasteiger partial charge is 0.139 e. The Bertz CT molecular complexity index is 618. The molecule has 1 spiro atoms. The van der Waals surface area contributed by atoms with E-state index in [1.807, 2.05) is 36.4 Å².